The zero-order valence-corrected chi connectivity index (χ0v) is 22.8. The van der Waals surface area contributed by atoms with E-state index in [1.807, 2.05) is 30.3 Å². The Labute approximate surface area is 230 Å². The zero-order chi connectivity index (χ0) is 27.4. The first-order valence-electron chi connectivity index (χ1n) is 13.7. The average molecular weight is 530 g/mol. The molecule has 0 amide bonds. The summed E-state index contributed by atoms with van der Waals surface area (Å²) in [6.07, 6.45) is 9.86. The van der Waals surface area contributed by atoms with Crippen LogP contribution in [-0.2, 0) is 21.6 Å². The second kappa shape index (κ2) is 11.6. The lowest BCUT2D eigenvalue weighted by Gasteiger charge is -2.29. The number of carbonyl (C=O) groups is 1. The number of hydrogen-bond acceptors (Lipinski definition) is 5. The average Bonchev–Trinajstić information content (AvgIpc) is 3.60. The fourth-order valence-corrected chi connectivity index (χ4v) is 6.04. The van der Waals surface area contributed by atoms with Crippen LogP contribution in [0.15, 0.2) is 67.4 Å². The summed E-state index contributed by atoms with van der Waals surface area (Å²) in [5, 5.41) is 0. The number of pyridine rings is 1. The molecule has 204 valence electrons. The number of halogens is 1. The summed E-state index contributed by atoms with van der Waals surface area (Å²) in [6.45, 7) is 4.59. The van der Waals surface area contributed by atoms with E-state index >= 15 is 4.39 Å². The van der Waals surface area contributed by atoms with E-state index in [1.165, 1.54) is 26.0 Å². The first-order valence-corrected chi connectivity index (χ1v) is 13.7. The molecule has 0 radical (unpaired) electrons. The number of methoxy groups -OCH3 is 2. The molecule has 2 aliphatic rings. The number of hydrogen-bond donors (Lipinski definition) is 0. The largest absolute Gasteiger partial charge is 0.489 e. The summed E-state index contributed by atoms with van der Waals surface area (Å²) in [7, 11) is 2.97. The van der Waals surface area contributed by atoms with Crippen molar-refractivity contribution < 1.29 is 23.4 Å². The van der Waals surface area contributed by atoms with Gasteiger partial charge in [-0.2, -0.15) is 0 Å². The SMILES string of the molecule is C=CC1(c2cc(COc3cccc(C4CC4CCC(=O)OC)c3)ccc2-c2cc(OC)ncc2F)CCCC1. The van der Waals surface area contributed by atoms with Gasteiger partial charge in [-0.1, -0.05) is 49.2 Å². The Balaban J connectivity index is 1.36. The fraction of sp³-hybridized carbons (Fsp3) is 0.394. The number of carbonyl (C=O) groups excluding carboxylic acids is 1. The molecule has 5 rings (SSSR count). The van der Waals surface area contributed by atoms with E-state index in [9.17, 15) is 4.79 Å². The van der Waals surface area contributed by atoms with Crippen LogP contribution in [0.2, 0.25) is 0 Å². The van der Waals surface area contributed by atoms with E-state index in [2.05, 4.69) is 29.8 Å². The van der Waals surface area contributed by atoms with Crippen molar-refractivity contribution in [2.45, 2.75) is 62.9 Å². The van der Waals surface area contributed by atoms with E-state index in [-0.39, 0.29) is 17.2 Å². The number of esters is 1. The van der Waals surface area contributed by atoms with Crippen molar-refractivity contribution in [3.63, 3.8) is 0 Å². The molecular formula is C33H36FNO4. The van der Waals surface area contributed by atoms with Gasteiger partial charge in [-0.25, -0.2) is 9.37 Å². The predicted molar refractivity (Wildman–Crippen MR) is 149 cm³/mol. The Morgan fingerprint density at radius 3 is 2.69 bits per heavy atom. The summed E-state index contributed by atoms with van der Waals surface area (Å²) in [4.78, 5) is 15.5. The van der Waals surface area contributed by atoms with Gasteiger partial charge in [0.05, 0.1) is 20.4 Å². The van der Waals surface area contributed by atoms with E-state index < -0.39 is 0 Å². The molecule has 39 heavy (non-hydrogen) atoms. The summed E-state index contributed by atoms with van der Waals surface area (Å²) in [6, 6.07) is 16.1. The molecule has 0 bridgehead atoms. The topological polar surface area (TPSA) is 57.7 Å². The molecule has 2 aromatic carbocycles. The molecule has 6 heteroatoms. The van der Waals surface area contributed by atoms with Crippen LogP contribution in [0.25, 0.3) is 11.1 Å². The molecule has 2 aliphatic carbocycles. The Hall–Kier alpha value is -3.67. The third kappa shape index (κ3) is 5.85. The van der Waals surface area contributed by atoms with Crippen LogP contribution in [0, 0.1) is 11.7 Å². The smallest absolute Gasteiger partial charge is 0.305 e. The molecular weight excluding hydrogens is 493 g/mol. The second-order valence-corrected chi connectivity index (χ2v) is 10.7. The van der Waals surface area contributed by atoms with Crippen LogP contribution >= 0.6 is 0 Å². The lowest BCUT2D eigenvalue weighted by atomic mass is 9.75. The van der Waals surface area contributed by atoms with Crippen LogP contribution in [-0.4, -0.2) is 25.2 Å². The lowest BCUT2D eigenvalue weighted by Crippen LogP contribution is -2.20. The molecule has 0 N–H and O–H groups in total. The highest BCUT2D eigenvalue weighted by Gasteiger charge is 2.38. The molecule has 0 aliphatic heterocycles. The monoisotopic (exact) mass is 529 g/mol. The van der Waals surface area contributed by atoms with Crippen LogP contribution < -0.4 is 9.47 Å². The third-order valence-corrected chi connectivity index (χ3v) is 8.40. The minimum Gasteiger partial charge on any atom is -0.489 e. The normalized spacial score (nSPS) is 19.4. The number of ether oxygens (including phenoxy) is 3. The molecule has 2 fully saturated rings. The summed E-state index contributed by atoms with van der Waals surface area (Å²) >= 11 is 0. The number of benzene rings is 2. The Morgan fingerprint density at radius 1 is 1.13 bits per heavy atom. The van der Waals surface area contributed by atoms with Crippen LogP contribution in [0.5, 0.6) is 11.6 Å². The highest BCUT2D eigenvalue weighted by Crippen LogP contribution is 2.51. The van der Waals surface area contributed by atoms with Gasteiger partial charge in [0.2, 0.25) is 5.88 Å². The Morgan fingerprint density at radius 2 is 1.95 bits per heavy atom. The molecule has 2 unspecified atom stereocenters. The molecule has 0 saturated heterocycles. The molecule has 1 heterocycles. The van der Waals surface area contributed by atoms with Crippen LogP contribution in [0.4, 0.5) is 4.39 Å². The fourth-order valence-electron chi connectivity index (χ4n) is 6.04. The lowest BCUT2D eigenvalue weighted by molar-refractivity contribution is -0.140. The number of aromatic nitrogens is 1. The maximum atomic E-state index is 15.0. The van der Waals surface area contributed by atoms with Gasteiger partial charge in [0.15, 0.2) is 0 Å². The van der Waals surface area contributed by atoms with Crippen molar-refractivity contribution in [3.8, 4) is 22.8 Å². The van der Waals surface area contributed by atoms with Crippen molar-refractivity contribution in [3.05, 3.63) is 89.9 Å². The highest BCUT2D eigenvalue weighted by molar-refractivity contribution is 5.71. The van der Waals surface area contributed by atoms with Gasteiger partial charge in [0, 0.05) is 23.5 Å². The van der Waals surface area contributed by atoms with E-state index in [0.717, 1.165) is 61.0 Å². The summed E-state index contributed by atoms with van der Waals surface area (Å²) in [5.41, 5.74) is 4.46. The number of nitrogens with zero attached hydrogens (tertiary/aromatic N) is 1. The van der Waals surface area contributed by atoms with Gasteiger partial charge < -0.3 is 14.2 Å². The zero-order valence-electron chi connectivity index (χ0n) is 22.8. The third-order valence-electron chi connectivity index (χ3n) is 8.40. The highest BCUT2D eigenvalue weighted by atomic mass is 19.1. The minimum absolute atomic E-state index is 0.148. The molecule has 5 nitrogen and oxygen atoms in total. The van der Waals surface area contributed by atoms with Crippen molar-refractivity contribution in [1.82, 2.24) is 4.98 Å². The first kappa shape index (κ1) is 26.9. The Kier molecular flexibility index (Phi) is 8.01. The quantitative estimate of drug-likeness (QED) is 0.190. The summed E-state index contributed by atoms with van der Waals surface area (Å²) in [5.74, 6) is 1.66. The predicted octanol–water partition coefficient (Wildman–Crippen LogP) is 7.53. The number of rotatable bonds is 11. The van der Waals surface area contributed by atoms with Crippen LogP contribution in [0.1, 0.15) is 67.6 Å². The maximum absolute atomic E-state index is 15.0. The van der Waals surface area contributed by atoms with Crippen molar-refractivity contribution in [2.75, 3.05) is 14.2 Å². The van der Waals surface area contributed by atoms with Crippen molar-refractivity contribution >= 4 is 5.97 Å². The molecule has 1 aromatic heterocycles. The molecule has 0 spiro atoms. The molecule has 2 saturated carbocycles. The first-order chi connectivity index (χ1) is 19.0. The van der Waals surface area contributed by atoms with Gasteiger partial charge in [0.25, 0.3) is 0 Å². The van der Waals surface area contributed by atoms with Crippen molar-refractivity contribution in [1.29, 1.82) is 0 Å². The standard InChI is InChI=1S/C33H36FNO4/c1-4-33(14-5-6-15-33)29-16-22(10-12-26(29)28-19-31(37-2)35-20-30(28)34)21-39-25-9-7-8-23(17-25)27-18-24(27)11-13-32(36)38-3/h4,7-10,12,16-17,19-20,24,27H,1,5-6,11,13-15,18,21H2,2-3H3. The van der Waals surface area contributed by atoms with Crippen LogP contribution in [0.3, 0.4) is 0 Å². The van der Waals surface area contributed by atoms with Gasteiger partial charge >= 0.3 is 5.97 Å². The molecule has 2 atom stereocenters. The molecule has 3 aromatic rings. The van der Waals surface area contributed by atoms with Gasteiger partial charge in [0.1, 0.15) is 18.2 Å². The van der Waals surface area contributed by atoms with Gasteiger partial charge in [-0.05, 0) is 71.9 Å². The second-order valence-electron chi connectivity index (χ2n) is 10.7. The van der Waals surface area contributed by atoms with Gasteiger partial charge in [-0.3, -0.25) is 4.79 Å². The van der Waals surface area contributed by atoms with E-state index in [4.69, 9.17) is 14.2 Å². The number of allylic oxidation sites excluding steroid dienone is 1. The minimum atomic E-state index is -0.375. The van der Waals surface area contributed by atoms with E-state index in [1.54, 1.807) is 6.07 Å². The Bertz CT molecular complexity index is 1350. The van der Waals surface area contributed by atoms with Gasteiger partial charge in [-0.15, -0.1) is 6.58 Å². The van der Waals surface area contributed by atoms with Crippen molar-refractivity contribution in [2.24, 2.45) is 5.92 Å². The maximum Gasteiger partial charge on any atom is 0.305 e. The summed E-state index contributed by atoms with van der Waals surface area (Å²) < 4.78 is 31.3. The van der Waals surface area contributed by atoms with E-state index in [0.29, 0.717) is 36.3 Å².